The number of benzene rings is 2. The molecule has 2 aromatic rings. The Bertz CT molecular complexity index is 1130. The van der Waals surface area contributed by atoms with Crippen molar-refractivity contribution in [2.45, 2.75) is 81.8 Å². The van der Waals surface area contributed by atoms with Gasteiger partial charge in [0, 0.05) is 32.6 Å². The lowest BCUT2D eigenvalue weighted by molar-refractivity contribution is -0.141. The Morgan fingerprint density at radius 1 is 1.03 bits per heavy atom. The van der Waals surface area contributed by atoms with E-state index in [4.69, 9.17) is 4.74 Å². The Balaban J connectivity index is 1.70. The van der Waals surface area contributed by atoms with Gasteiger partial charge in [0.1, 0.15) is 11.8 Å². The average Bonchev–Trinajstić information content (AvgIpc) is 2.94. The monoisotopic (exact) mass is 543 g/mol. The number of hydrogen-bond donors (Lipinski definition) is 1. The van der Waals surface area contributed by atoms with Crippen molar-refractivity contribution in [1.82, 2.24) is 14.5 Å². The van der Waals surface area contributed by atoms with Gasteiger partial charge in [-0.2, -0.15) is 0 Å². The third kappa shape index (κ3) is 8.04. The van der Waals surface area contributed by atoms with Gasteiger partial charge in [0.25, 0.3) is 0 Å². The van der Waals surface area contributed by atoms with Crippen molar-refractivity contribution in [1.29, 1.82) is 0 Å². The molecule has 9 heteroatoms. The predicted molar refractivity (Wildman–Crippen MR) is 148 cm³/mol. The number of carbonyl (C=O) groups excluding carboxylic acids is 2. The van der Waals surface area contributed by atoms with Crippen LogP contribution >= 0.6 is 0 Å². The zero-order chi connectivity index (χ0) is 27.5. The van der Waals surface area contributed by atoms with E-state index in [1.54, 1.807) is 42.3 Å². The van der Waals surface area contributed by atoms with Gasteiger partial charge in [-0.1, -0.05) is 56.5 Å². The molecule has 1 fully saturated rings. The van der Waals surface area contributed by atoms with E-state index in [9.17, 15) is 18.0 Å². The second-order valence-corrected chi connectivity index (χ2v) is 11.9. The number of nitrogens with one attached hydrogen (secondary N) is 1. The van der Waals surface area contributed by atoms with Crippen LogP contribution in [0.25, 0.3) is 0 Å². The number of amides is 2. The van der Waals surface area contributed by atoms with E-state index in [0.717, 1.165) is 37.0 Å². The Kier molecular flexibility index (Phi) is 11.2. The summed E-state index contributed by atoms with van der Waals surface area (Å²) < 4.78 is 32.2. The van der Waals surface area contributed by atoms with Crippen molar-refractivity contribution in [3.8, 4) is 5.75 Å². The molecule has 3 rings (SSSR count). The number of nitrogens with zero attached hydrogens (tertiary/aromatic N) is 2. The van der Waals surface area contributed by atoms with Crippen LogP contribution < -0.4 is 10.1 Å². The summed E-state index contributed by atoms with van der Waals surface area (Å²) in [6.45, 7) is 2.40. The molecule has 0 heterocycles. The molecule has 2 aromatic carbocycles. The minimum atomic E-state index is -3.63. The fraction of sp³-hybridized carbons (Fsp3) is 0.517. The van der Waals surface area contributed by atoms with Crippen molar-refractivity contribution in [2.24, 2.45) is 0 Å². The fourth-order valence-electron chi connectivity index (χ4n) is 4.88. The van der Waals surface area contributed by atoms with Gasteiger partial charge in [-0.25, -0.2) is 12.7 Å². The summed E-state index contributed by atoms with van der Waals surface area (Å²) in [6, 6.07) is 15.3. The van der Waals surface area contributed by atoms with Gasteiger partial charge in [0.2, 0.25) is 21.8 Å². The van der Waals surface area contributed by atoms with Gasteiger partial charge in [-0.05, 0) is 55.5 Å². The molecule has 1 aliphatic rings. The van der Waals surface area contributed by atoms with Crippen LogP contribution in [0.15, 0.2) is 59.5 Å². The Labute approximate surface area is 227 Å². The van der Waals surface area contributed by atoms with Crippen LogP contribution in [-0.4, -0.2) is 62.2 Å². The SMILES string of the molecule is CC[C@@H](C(=O)NC1CCCCC1)N(Cc1ccc(OC)cc1)C(=O)CCCN(C)S(=O)(=O)c1ccccc1. The molecular formula is C29H41N3O5S. The molecule has 8 nitrogen and oxygen atoms in total. The Morgan fingerprint density at radius 3 is 2.29 bits per heavy atom. The molecule has 0 radical (unpaired) electrons. The average molecular weight is 544 g/mol. The fourth-order valence-corrected chi connectivity index (χ4v) is 6.11. The predicted octanol–water partition coefficient (Wildman–Crippen LogP) is 4.35. The van der Waals surface area contributed by atoms with Gasteiger partial charge in [0.15, 0.2) is 0 Å². The molecule has 1 atom stereocenters. The highest BCUT2D eigenvalue weighted by molar-refractivity contribution is 7.89. The van der Waals surface area contributed by atoms with Gasteiger partial charge >= 0.3 is 0 Å². The highest BCUT2D eigenvalue weighted by atomic mass is 32.2. The van der Waals surface area contributed by atoms with Gasteiger partial charge in [-0.15, -0.1) is 0 Å². The third-order valence-electron chi connectivity index (χ3n) is 7.16. The maximum absolute atomic E-state index is 13.5. The van der Waals surface area contributed by atoms with E-state index in [0.29, 0.717) is 12.8 Å². The molecule has 1 saturated carbocycles. The molecule has 0 aliphatic heterocycles. The zero-order valence-electron chi connectivity index (χ0n) is 22.8. The van der Waals surface area contributed by atoms with Crippen LogP contribution in [0.4, 0.5) is 0 Å². The van der Waals surface area contributed by atoms with Crippen LogP contribution in [0.1, 0.15) is 63.9 Å². The molecule has 0 spiro atoms. The second kappa shape index (κ2) is 14.3. The van der Waals surface area contributed by atoms with Gasteiger partial charge in [-0.3, -0.25) is 9.59 Å². The summed E-state index contributed by atoms with van der Waals surface area (Å²) in [4.78, 5) is 28.7. The Morgan fingerprint density at radius 2 is 1.68 bits per heavy atom. The molecule has 38 heavy (non-hydrogen) atoms. The van der Waals surface area contributed by atoms with Crippen molar-refractivity contribution in [3.63, 3.8) is 0 Å². The first-order chi connectivity index (χ1) is 18.3. The first-order valence-corrected chi connectivity index (χ1v) is 14.9. The number of methoxy groups -OCH3 is 1. The molecule has 0 aromatic heterocycles. The minimum absolute atomic E-state index is 0.120. The van der Waals surface area contributed by atoms with Crippen LogP contribution in [-0.2, 0) is 26.2 Å². The van der Waals surface area contributed by atoms with Gasteiger partial charge < -0.3 is 15.0 Å². The second-order valence-electron chi connectivity index (χ2n) is 9.88. The number of hydrogen-bond acceptors (Lipinski definition) is 5. The maximum Gasteiger partial charge on any atom is 0.243 e. The van der Waals surface area contributed by atoms with Crippen LogP contribution in [0, 0.1) is 0 Å². The largest absolute Gasteiger partial charge is 0.497 e. The molecule has 2 amide bonds. The number of rotatable bonds is 13. The summed E-state index contributed by atoms with van der Waals surface area (Å²) >= 11 is 0. The van der Waals surface area contributed by atoms with Crippen LogP contribution in [0.2, 0.25) is 0 Å². The number of sulfonamides is 1. The molecule has 0 unspecified atom stereocenters. The molecule has 1 aliphatic carbocycles. The summed E-state index contributed by atoms with van der Waals surface area (Å²) in [6.07, 6.45) is 6.32. The van der Waals surface area contributed by atoms with E-state index in [1.807, 2.05) is 31.2 Å². The number of carbonyl (C=O) groups is 2. The smallest absolute Gasteiger partial charge is 0.243 e. The topological polar surface area (TPSA) is 96.0 Å². The lowest BCUT2D eigenvalue weighted by atomic mass is 9.95. The number of ether oxygens (including phenoxy) is 1. The van der Waals surface area contributed by atoms with Crippen molar-refractivity contribution < 1.29 is 22.7 Å². The summed E-state index contributed by atoms with van der Waals surface area (Å²) in [7, 11) is -0.509. The van der Waals surface area contributed by atoms with E-state index in [1.165, 1.54) is 17.8 Å². The van der Waals surface area contributed by atoms with Gasteiger partial charge in [0.05, 0.1) is 12.0 Å². The summed E-state index contributed by atoms with van der Waals surface area (Å²) in [5.41, 5.74) is 0.895. The highest BCUT2D eigenvalue weighted by Crippen LogP contribution is 2.21. The first kappa shape index (κ1) is 29.6. The summed E-state index contributed by atoms with van der Waals surface area (Å²) in [5, 5.41) is 3.18. The zero-order valence-corrected chi connectivity index (χ0v) is 23.6. The van der Waals surface area contributed by atoms with E-state index in [-0.39, 0.29) is 42.3 Å². The molecule has 1 N–H and O–H groups in total. The van der Waals surface area contributed by atoms with E-state index >= 15 is 0 Å². The van der Waals surface area contributed by atoms with Crippen molar-refractivity contribution in [3.05, 3.63) is 60.2 Å². The standard InChI is InChI=1S/C29H41N3O5S/c1-4-27(29(34)30-24-12-7-5-8-13-24)32(22-23-17-19-25(37-3)20-18-23)28(33)16-11-21-31(2)38(35,36)26-14-9-6-10-15-26/h6,9-10,14-15,17-20,24,27H,4-5,7-8,11-13,16,21-22H2,1-3H3,(H,30,34)/t27-/m0/s1. The van der Waals surface area contributed by atoms with Crippen molar-refractivity contribution in [2.75, 3.05) is 20.7 Å². The summed E-state index contributed by atoms with van der Waals surface area (Å²) in [5.74, 6) is 0.429. The molecular weight excluding hydrogens is 502 g/mol. The maximum atomic E-state index is 13.5. The molecule has 0 bridgehead atoms. The van der Waals surface area contributed by atoms with E-state index < -0.39 is 16.1 Å². The lowest BCUT2D eigenvalue weighted by Gasteiger charge is -2.33. The van der Waals surface area contributed by atoms with Crippen molar-refractivity contribution >= 4 is 21.8 Å². The van der Waals surface area contributed by atoms with Crippen LogP contribution in [0.5, 0.6) is 5.75 Å². The minimum Gasteiger partial charge on any atom is -0.497 e. The Hall–Kier alpha value is -2.91. The highest BCUT2D eigenvalue weighted by Gasteiger charge is 2.30. The normalized spacial score (nSPS) is 15.2. The quantitative estimate of drug-likeness (QED) is 0.405. The third-order valence-corrected chi connectivity index (χ3v) is 9.04. The van der Waals surface area contributed by atoms with E-state index in [2.05, 4.69) is 5.32 Å². The first-order valence-electron chi connectivity index (χ1n) is 13.5. The van der Waals surface area contributed by atoms with Crippen LogP contribution in [0.3, 0.4) is 0 Å². The molecule has 0 saturated heterocycles. The molecule has 208 valence electrons. The lowest BCUT2D eigenvalue weighted by Crippen LogP contribution is -2.51.